The normalized spacial score (nSPS) is 11.8. The summed E-state index contributed by atoms with van der Waals surface area (Å²) in [5, 5.41) is 4.66. The Labute approximate surface area is 184 Å². The molecule has 4 heteroatoms. The van der Waals surface area contributed by atoms with E-state index in [0.29, 0.717) is 5.95 Å². The lowest BCUT2D eigenvalue weighted by atomic mass is 10.1. The lowest BCUT2D eigenvalue weighted by Crippen LogP contribution is -2.01. The molecule has 4 aromatic carbocycles. The number of fused-ring (bicyclic) bond motifs is 6. The van der Waals surface area contributed by atoms with E-state index in [1.807, 2.05) is 36.5 Å². The summed E-state index contributed by atoms with van der Waals surface area (Å²) in [5.74, 6) is 0.687. The summed E-state index contributed by atoms with van der Waals surface area (Å²) < 4.78 is 4.45. The van der Waals surface area contributed by atoms with Gasteiger partial charge in [0, 0.05) is 39.6 Å². The Morgan fingerprint density at radius 1 is 0.625 bits per heavy atom. The predicted molar refractivity (Wildman–Crippen MR) is 131 cm³/mol. The lowest BCUT2D eigenvalue weighted by molar-refractivity contribution is 1.01. The molecule has 0 atom stereocenters. The lowest BCUT2D eigenvalue weighted by Gasteiger charge is -2.08. The summed E-state index contributed by atoms with van der Waals surface area (Å²) in [6.07, 6.45) is 4.06. The highest BCUT2D eigenvalue weighted by molar-refractivity contribution is 6.20. The van der Waals surface area contributed by atoms with E-state index in [1.54, 1.807) is 0 Å². The van der Waals surface area contributed by atoms with Crippen molar-refractivity contribution in [2.45, 2.75) is 0 Å². The van der Waals surface area contributed by atoms with Crippen molar-refractivity contribution in [1.82, 2.24) is 19.1 Å². The van der Waals surface area contributed by atoms with Crippen LogP contribution >= 0.6 is 0 Å². The predicted octanol–water partition coefficient (Wildman–Crippen LogP) is 6.67. The minimum Gasteiger partial charge on any atom is -0.316 e. The number of benzene rings is 4. The summed E-state index contributed by atoms with van der Waals surface area (Å²) >= 11 is 0. The molecule has 0 aliphatic heterocycles. The van der Waals surface area contributed by atoms with Crippen LogP contribution in [0.15, 0.2) is 109 Å². The van der Waals surface area contributed by atoms with Crippen molar-refractivity contribution in [3.63, 3.8) is 0 Å². The Morgan fingerprint density at radius 2 is 1.44 bits per heavy atom. The third-order valence-corrected chi connectivity index (χ3v) is 6.20. The molecule has 0 unspecified atom stereocenters. The highest BCUT2D eigenvalue weighted by Gasteiger charge is 2.18. The average molecular weight is 410 g/mol. The zero-order valence-corrected chi connectivity index (χ0v) is 17.2. The quantitative estimate of drug-likeness (QED) is 0.319. The largest absolute Gasteiger partial charge is 0.316 e. The zero-order valence-electron chi connectivity index (χ0n) is 17.2. The molecular formula is C28H18N4. The standard InChI is InChI=1S/C28H18N4/c1-2-9-21(10-3-1)31-17-16-19-14-15-25-26(27(19)31)22-11-5-7-13-24(22)32(25)28-29-18-20-8-4-6-12-23(20)30-28/h1-18H. The van der Waals surface area contributed by atoms with Gasteiger partial charge in [0.05, 0.1) is 22.1 Å². The Balaban J connectivity index is 1.64. The van der Waals surface area contributed by atoms with Crippen LogP contribution in [-0.2, 0) is 0 Å². The topological polar surface area (TPSA) is 35.6 Å². The Morgan fingerprint density at radius 3 is 2.38 bits per heavy atom. The molecule has 0 N–H and O–H groups in total. The maximum Gasteiger partial charge on any atom is 0.235 e. The van der Waals surface area contributed by atoms with Crippen molar-refractivity contribution >= 4 is 43.6 Å². The molecule has 7 aromatic rings. The third kappa shape index (κ3) is 2.38. The fourth-order valence-electron chi connectivity index (χ4n) is 4.77. The van der Waals surface area contributed by atoms with E-state index in [1.165, 1.54) is 21.7 Å². The molecule has 32 heavy (non-hydrogen) atoms. The van der Waals surface area contributed by atoms with Gasteiger partial charge in [-0.2, -0.15) is 0 Å². The van der Waals surface area contributed by atoms with E-state index < -0.39 is 0 Å². The molecule has 7 rings (SSSR count). The molecule has 3 aromatic heterocycles. The Bertz CT molecular complexity index is 1770. The second-order valence-electron chi connectivity index (χ2n) is 8.00. The maximum atomic E-state index is 4.91. The van der Waals surface area contributed by atoms with Gasteiger partial charge in [-0.25, -0.2) is 9.97 Å². The van der Waals surface area contributed by atoms with Crippen LogP contribution in [0.1, 0.15) is 0 Å². The molecule has 0 aliphatic rings. The molecular weight excluding hydrogens is 392 g/mol. The molecule has 3 heterocycles. The second-order valence-corrected chi connectivity index (χ2v) is 8.00. The second kappa shape index (κ2) is 6.53. The first-order chi connectivity index (χ1) is 15.9. The van der Waals surface area contributed by atoms with Crippen molar-refractivity contribution in [3.05, 3.63) is 109 Å². The fourth-order valence-corrected chi connectivity index (χ4v) is 4.77. The molecule has 0 amide bonds. The summed E-state index contributed by atoms with van der Waals surface area (Å²) in [4.78, 5) is 9.65. The highest BCUT2D eigenvalue weighted by Crippen LogP contribution is 2.37. The van der Waals surface area contributed by atoms with Crippen LogP contribution in [0.5, 0.6) is 0 Å². The molecule has 0 aliphatic carbocycles. The van der Waals surface area contributed by atoms with E-state index in [-0.39, 0.29) is 0 Å². The van der Waals surface area contributed by atoms with Gasteiger partial charge in [0.2, 0.25) is 5.95 Å². The van der Waals surface area contributed by atoms with Crippen LogP contribution in [0.2, 0.25) is 0 Å². The summed E-state index contributed by atoms with van der Waals surface area (Å²) in [5.41, 5.74) is 5.49. The average Bonchev–Trinajstić information content (AvgIpc) is 3.43. The Kier molecular flexibility index (Phi) is 3.52. The van der Waals surface area contributed by atoms with Crippen molar-refractivity contribution in [1.29, 1.82) is 0 Å². The van der Waals surface area contributed by atoms with Gasteiger partial charge >= 0.3 is 0 Å². The summed E-state index contributed by atoms with van der Waals surface area (Å²) in [6, 6.07) is 33.7. The van der Waals surface area contributed by atoms with Gasteiger partial charge in [-0.3, -0.25) is 4.57 Å². The molecule has 0 fully saturated rings. The minimum absolute atomic E-state index is 0.687. The number of para-hydroxylation sites is 3. The van der Waals surface area contributed by atoms with Crippen molar-refractivity contribution in [2.75, 3.05) is 0 Å². The first-order valence-electron chi connectivity index (χ1n) is 10.7. The van der Waals surface area contributed by atoms with E-state index in [2.05, 4.69) is 82.1 Å². The molecule has 0 saturated heterocycles. The van der Waals surface area contributed by atoms with Crippen molar-refractivity contribution < 1.29 is 0 Å². The molecule has 4 nitrogen and oxygen atoms in total. The minimum atomic E-state index is 0.687. The SMILES string of the molecule is c1ccc(-n2ccc3ccc4c(c5ccccc5n4-c4ncc5ccccc5n4)c32)cc1. The molecule has 0 spiro atoms. The Hall–Kier alpha value is -4.44. The van der Waals surface area contributed by atoms with Gasteiger partial charge < -0.3 is 4.57 Å². The van der Waals surface area contributed by atoms with Crippen molar-refractivity contribution in [2.24, 2.45) is 0 Å². The monoisotopic (exact) mass is 410 g/mol. The van der Waals surface area contributed by atoms with Gasteiger partial charge in [0.15, 0.2) is 0 Å². The first-order valence-corrected chi connectivity index (χ1v) is 10.7. The first kappa shape index (κ1) is 17.3. The van der Waals surface area contributed by atoms with Crippen LogP contribution < -0.4 is 0 Å². The van der Waals surface area contributed by atoms with Crippen LogP contribution in [-0.4, -0.2) is 19.1 Å². The van der Waals surface area contributed by atoms with Gasteiger partial charge in [0.1, 0.15) is 0 Å². The van der Waals surface area contributed by atoms with E-state index in [0.717, 1.165) is 27.6 Å². The van der Waals surface area contributed by atoms with Gasteiger partial charge in [-0.15, -0.1) is 0 Å². The van der Waals surface area contributed by atoms with Gasteiger partial charge in [0.25, 0.3) is 0 Å². The number of hydrogen-bond acceptors (Lipinski definition) is 2. The van der Waals surface area contributed by atoms with Crippen LogP contribution in [0.3, 0.4) is 0 Å². The smallest absolute Gasteiger partial charge is 0.235 e. The van der Waals surface area contributed by atoms with E-state index >= 15 is 0 Å². The molecule has 150 valence electrons. The fraction of sp³-hybridized carbons (Fsp3) is 0. The van der Waals surface area contributed by atoms with E-state index in [4.69, 9.17) is 9.97 Å². The highest BCUT2D eigenvalue weighted by atomic mass is 15.2. The number of hydrogen-bond donors (Lipinski definition) is 0. The number of aromatic nitrogens is 4. The van der Waals surface area contributed by atoms with Crippen LogP contribution in [0, 0.1) is 0 Å². The van der Waals surface area contributed by atoms with E-state index in [9.17, 15) is 0 Å². The molecule has 0 saturated carbocycles. The summed E-state index contributed by atoms with van der Waals surface area (Å²) in [7, 11) is 0. The van der Waals surface area contributed by atoms with Crippen LogP contribution in [0.25, 0.3) is 55.2 Å². The van der Waals surface area contributed by atoms with Crippen molar-refractivity contribution in [3.8, 4) is 11.6 Å². The molecule has 0 radical (unpaired) electrons. The molecule has 0 bridgehead atoms. The summed E-state index contributed by atoms with van der Waals surface area (Å²) in [6.45, 7) is 0. The maximum absolute atomic E-state index is 4.91. The van der Waals surface area contributed by atoms with Crippen LogP contribution in [0.4, 0.5) is 0 Å². The number of nitrogens with zero attached hydrogens (tertiary/aromatic N) is 4. The van der Waals surface area contributed by atoms with Gasteiger partial charge in [-0.05, 0) is 36.4 Å². The number of rotatable bonds is 2. The third-order valence-electron chi connectivity index (χ3n) is 6.20. The zero-order chi connectivity index (χ0) is 21.1. The van der Waals surface area contributed by atoms with Gasteiger partial charge in [-0.1, -0.05) is 60.7 Å².